The van der Waals surface area contributed by atoms with Crippen LogP contribution in [0.3, 0.4) is 0 Å². The Hall–Kier alpha value is -1.96. The summed E-state index contributed by atoms with van der Waals surface area (Å²) in [5.74, 6) is -0.358. The summed E-state index contributed by atoms with van der Waals surface area (Å²) >= 11 is 0. The maximum absolute atomic E-state index is 12.0. The fraction of sp³-hybridized carbons (Fsp3) is 0.462. The van der Waals surface area contributed by atoms with Crippen LogP contribution in [0.25, 0.3) is 0 Å². The molecule has 1 fully saturated rings. The van der Waals surface area contributed by atoms with Crippen LogP contribution in [0, 0.1) is 0 Å². The zero-order valence-electron chi connectivity index (χ0n) is 11.0. The topological polar surface area (TPSA) is 73.6 Å². The maximum Gasteiger partial charge on any atom is 0.573 e. The highest BCUT2D eigenvalue weighted by molar-refractivity contribution is 5.84. The Morgan fingerprint density at radius 1 is 1.24 bits per heavy atom. The number of anilines is 1. The second-order valence-electron chi connectivity index (χ2n) is 4.80. The van der Waals surface area contributed by atoms with Gasteiger partial charge in [-0.05, 0) is 43.5 Å². The standard InChI is InChI=1S/C13H15F3N2O3/c14-13(15,16)21-10-5-2-9(3-6-10)18-12(19)20-11-4-1-8(17)7-11/h2-3,5-6,8,11H,1,4,7,17H2,(H,18,19). The first-order valence-corrected chi connectivity index (χ1v) is 6.41. The first-order chi connectivity index (χ1) is 9.82. The van der Waals surface area contributed by atoms with Gasteiger partial charge in [-0.1, -0.05) is 0 Å². The number of alkyl halides is 3. The Labute approximate surface area is 119 Å². The van der Waals surface area contributed by atoms with E-state index in [4.69, 9.17) is 10.5 Å². The molecule has 2 atom stereocenters. The van der Waals surface area contributed by atoms with Gasteiger partial charge in [-0.25, -0.2) is 4.79 Å². The lowest BCUT2D eigenvalue weighted by atomic mass is 10.3. The molecule has 1 amide bonds. The summed E-state index contributed by atoms with van der Waals surface area (Å²) in [6, 6.07) is 4.84. The first kappa shape index (κ1) is 15.4. The number of carbonyl (C=O) groups is 1. The molecule has 1 saturated carbocycles. The normalized spacial score (nSPS) is 21.9. The van der Waals surface area contributed by atoms with E-state index in [9.17, 15) is 18.0 Å². The Kier molecular flexibility index (Phi) is 4.56. The molecule has 1 aliphatic carbocycles. The fourth-order valence-electron chi connectivity index (χ4n) is 2.12. The molecule has 0 saturated heterocycles. The third-order valence-corrected chi connectivity index (χ3v) is 3.03. The number of carbonyl (C=O) groups excluding carboxylic acids is 1. The number of amides is 1. The zero-order valence-corrected chi connectivity index (χ0v) is 11.0. The highest BCUT2D eigenvalue weighted by Crippen LogP contribution is 2.24. The van der Waals surface area contributed by atoms with E-state index in [-0.39, 0.29) is 17.9 Å². The number of nitrogens with two attached hydrogens (primary N) is 1. The number of benzene rings is 1. The number of rotatable bonds is 3. The molecule has 0 heterocycles. The quantitative estimate of drug-likeness (QED) is 0.900. The first-order valence-electron chi connectivity index (χ1n) is 6.41. The minimum Gasteiger partial charge on any atom is -0.446 e. The lowest BCUT2D eigenvalue weighted by Gasteiger charge is -2.13. The van der Waals surface area contributed by atoms with Crippen LogP contribution in [0.2, 0.25) is 0 Å². The predicted octanol–water partition coefficient (Wildman–Crippen LogP) is 3.01. The van der Waals surface area contributed by atoms with Crippen LogP contribution in [-0.4, -0.2) is 24.6 Å². The van der Waals surface area contributed by atoms with Gasteiger partial charge >= 0.3 is 12.5 Å². The van der Waals surface area contributed by atoms with Gasteiger partial charge in [0.15, 0.2) is 0 Å². The van der Waals surface area contributed by atoms with Gasteiger partial charge in [0.2, 0.25) is 0 Å². The maximum atomic E-state index is 12.0. The SMILES string of the molecule is NC1CCC(OC(=O)Nc2ccc(OC(F)(F)F)cc2)C1. The van der Waals surface area contributed by atoms with E-state index in [0.717, 1.165) is 18.6 Å². The molecule has 116 valence electrons. The molecule has 0 bridgehead atoms. The van der Waals surface area contributed by atoms with Crippen molar-refractivity contribution in [3.63, 3.8) is 0 Å². The number of ether oxygens (including phenoxy) is 2. The van der Waals surface area contributed by atoms with E-state index >= 15 is 0 Å². The van der Waals surface area contributed by atoms with E-state index in [2.05, 4.69) is 10.1 Å². The van der Waals surface area contributed by atoms with Gasteiger partial charge in [-0.3, -0.25) is 5.32 Å². The van der Waals surface area contributed by atoms with Gasteiger partial charge in [-0.2, -0.15) is 0 Å². The second kappa shape index (κ2) is 6.21. The van der Waals surface area contributed by atoms with E-state index in [1.54, 1.807) is 0 Å². The van der Waals surface area contributed by atoms with Gasteiger partial charge in [0, 0.05) is 11.7 Å². The number of halogens is 3. The predicted molar refractivity (Wildman–Crippen MR) is 68.8 cm³/mol. The van der Waals surface area contributed by atoms with Crippen LogP contribution < -0.4 is 15.8 Å². The lowest BCUT2D eigenvalue weighted by Crippen LogP contribution is -2.22. The highest BCUT2D eigenvalue weighted by atomic mass is 19.4. The van der Waals surface area contributed by atoms with Crippen LogP contribution in [0.1, 0.15) is 19.3 Å². The van der Waals surface area contributed by atoms with E-state index in [1.807, 2.05) is 0 Å². The molecule has 0 aliphatic heterocycles. The Morgan fingerprint density at radius 3 is 2.43 bits per heavy atom. The van der Waals surface area contributed by atoms with Gasteiger partial charge < -0.3 is 15.2 Å². The second-order valence-corrected chi connectivity index (χ2v) is 4.80. The molecule has 1 aromatic carbocycles. The van der Waals surface area contributed by atoms with E-state index in [0.29, 0.717) is 18.5 Å². The molecule has 2 unspecified atom stereocenters. The summed E-state index contributed by atoms with van der Waals surface area (Å²) in [7, 11) is 0. The molecular weight excluding hydrogens is 289 g/mol. The number of nitrogens with one attached hydrogen (secondary N) is 1. The summed E-state index contributed by atoms with van der Waals surface area (Å²) in [5, 5.41) is 2.43. The molecule has 0 spiro atoms. The van der Waals surface area contributed by atoms with E-state index in [1.165, 1.54) is 12.1 Å². The molecule has 5 nitrogen and oxygen atoms in total. The summed E-state index contributed by atoms with van der Waals surface area (Å²) in [5.41, 5.74) is 6.02. The van der Waals surface area contributed by atoms with Crippen LogP contribution in [0.5, 0.6) is 5.75 Å². The van der Waals surface area contributed by atoms with Gasteiger partial charge in [0.1, 0.15) is 11.9 Å². The summed E-state index contributed by atoms with van der Waals surface area (Å²) in [6.07, 6.45) is -3.47. The summed E-state index contributed by atoms with van der Waals surface area (Å²) < 4.78 is 44.8. The molecular formula is C13H15F3N2O3. The van der Waals surface area contributed by atoms with Gasteiger partial charge in [0.25, 0.3) is 0 Å². The minimum absolute atomic E-state index is 0.0431. The van der Waals surface area contributed by atoms with Crippen LogP contribution >= 0.6 is 0 Å². The Bertz CT molecular complexity index is 490. The average Bonchev–Trinajstić information content (AvgIpc) is 2.75. The molecule has 1 aliphatic rings. The van der Waals surface area contributed by atoms with Crippen molar-refractivity contribution < 1.29 is 27.4 Å². The van der Waals surface area contributed by atoms with Crippen molar-refractivity contribution in [3.8, 4) is 5.75 Å². The van der Waals surface area contributed by atoms with Gasteiger partial charge in [0.05, 0.1) is 0 Å². The van der Waals surface area contributed by atoms with Crippen molar-refractivity contribution in [2.24, 2.45) is 5.73 Å². The molecule has 1 aromatic rings. The average molecular weight is 304 g/mol. The number of hydrogen-bond donors (Lipinski definition) is 2. The highest BCUT2D eigenvalue weighted by Gasteiger charge is 2.31. The fourth-order valence-corrected chi connectivity index (χ4v) is 2.12. The van der Waals surface area contributed by atoms with Crippen LogP contribution in [0.15, 0.2) is 24.3 Å². The largest absolute Gasteiger partial charge is 0.573 e. The molecule has 3 N–H and O–H groups in total. The van der Waals surface area contributed by atoms with Crippen LogP contribution in [-0.2, 0) is 4.74 Å². The molecule has 2 rings (SSSR count). The summed E-state index contributed by atoms with van der Waals surface area (Å²) in [4.78, 5) is 11.6. The molecule has 0 aromatic heterocycles. The van der Waals surface area contributed by atoms with Gasteiger partial charge in [-0.15, -0.1) is 13.2 Å². The third kappa shape index (κ3) is 5.14. The third-order valence-electron chi connectivity index (χ3n) is 3.03. The smallest absolute Gasteiger partial charge is 0.446 e. The van der Waals surface area contributed by atoms with Crippen molar-refractivity contribution in [1.82, 2.24) is 0 Å². The number of hydrogen-bond acceptors (Lipinski definition) is 4. The molecule has 0 radical (unpaired) electrons. The Balaban J connectivity index is 1.84. The summed E-state index contributed by atoms with van der Waals surface area (Å²) in [6.45, 7) is 0. The van der Waals surface area contributed by atoms with Crippen molar-refractivity contribution in [3.05, 3.63) is 24.3 Å². The molecule has 21 heavy (non-hydrogen) atoms. The van der Waals surface area contributed by atoms with Crippen molar-refractivity contribution in [1.29, 1.82) is 0 Å². The monoisotopic (exact) mass is 304 g/mol. The van der Waals surface area contributed by atoms with Crippen molar-refractivity contribution in [2.75, 3.05) is 5.32 Å². The lowest BCUT2D eigenvalue weighted by molar-refractivity contribution is -0.274. The van der Waals surface area contributed by atoms with Crippen molar-refractivity contribution in [2.45, 2.75) is 37.8 Å². The zero-order chi connectivity index (χ0) is 15.5. The van der Waals surface area contributed by atoms with E-state index < -0.39 is 12.5 Å². The molecule has 8 heteroatoms. The van der Waals surface area contributed by atoms with Crippen molar-refractivity contribution >= 4 is 11.8 Å². The van der Waals surface area contributed by atoms with Crippen LogP contribution in [0.4, 0.5) is 23.7 Å². The minimum atomic E-state index is -4.74. The Morgan fingerprint density at radius 2 is 1.90 bits per heavy atom.